The fourth-order valence-electron chi connectivity index (χ4n) is 8.01. The highest BCUT2D eigenvalue weighted by Crippen LogP contribution is 2.67. The molecule has 1 nitrogen and oxygen atoms in total. The van der Waals surface area contributed by atoms with Gasteiger partial charge in [-0.15, -0.1) is 0 Å². The highest BCUT2D eigenvalue weighted by Gasteiger charge is 2.60. The highest BCUT2D eigenvalue weighted by atomic mass is 16.5. The number of hydrogen-bond donors (Lipinski definition) is 0. The zero-order valence-corrected chi connectivity index (χ0v) is 17.3. The van der Waals surface area contributed by atoms with E-state index in [-0.39, 0.29) is 0 Å². The zero-order valence-electron chi connectivity index (χ0n) is 17.3. The van der Waals surface area contributed by atoms with Crippen molar-refractivity contribution < 1.29 is 4.74 Å². The van der Waals surface area contributed by atoms with E-state index in [2.05, 4.69) is 41.2 Å². The molecule has 25 heavy (non-hydrogen) atoms. The van der Waals surface area contributed by atoms with Crippen molar-refractivity contribution in [1.29, 1.82) is 0 Å². The van der Waals surface area contributed by atoms with Crippen LogP contribution in [-0.2, 0) is 4.74 Å². The van der Waals surface area contributed by atoms with Gasteiger partial charge in [-0.3, -0.25) is 0 Å². The second-order valence-electron chi connectivity index (χ2n) is 10.9. The van der Waals surface area contributed by atoms with E-state index in [4.69, 9.17) is 4.74 Å². The van der Waals surface area contributed by atoms with Crippen LogP contribution in [0.2, 0.25) is 0 Å². The van der Waals surface area contributed by atoms with Crippen molar-refractivity contribution in [3.05, 3.63) is 12.2 Å². The van der Waals surface area contributed by atoms with Crippen molar-refractivity contribution in [2.45, 2.75) is 98.2 Å². The molecule has 142 valence electrons. The van der Waals surface area contributed by atoms with E-state index in [1.54, 1.807) is 0 Å². The standard InChI is InChI=1S/C24H40O/c1-15(2)25-22-10-9-20-19-8-7-18-13-16(3)17(4)14-24(18,6)21(19)11-12-23(20,22)5/h15,17-22H,3,7-14H2,1-2,4-6H3/t17-,18+,19+,20+,21+,22+,23+,24+/m1/s1. The first-order chi connectivity index (χ1) is 11.8. The molecule has 0 aromatic carbocycles. The topological polar surface area (TPSA) is 9.23 Å². The molecule has 1 heteroatoms. The van der Waals surface area contributed by atoms with Crippen LogP contribution >= 0.6 is 0 Å². The van der Waals surface area contributed by atoms with Crippen molar-refractivity contribution in [3.8, 4) is 0 Å². The van der Waals surface area contributed by atoms with E-state index in [1.807, 2.05) is 0 Å². The van der Waals surface area contributed by atoms with Gasteiger partial charge >= 0.3 is 0 Å². The first-order valence-electron chi connectivity index (χ1n) is 11.1. The predicted octanol–water partition coefficient (Wildman–Crippen LogP) is 6.62. The Morgan fingerprint density at radius 1 is 1.00 bits per heavy atom. The molecule has 4 aliphatic carbocycles. The quantitative estimate of drug-likeness (QED) is 0.511. The molecule has 4 fully saturated rings. The summed E-state index contributed by atoms with van der Waals surface area (Å²) < 4.78 is 6.41. The smallest absolute Gasteiger partial charge is 0.0635 e. The summed E-state index contributed by atoms with van der Waals surface area (Å²) in [5.74, 6) is 4.46. The van der Waals surface area contributed by atoms with Gasteiger partial charge in [-0.1, -0.05) is 32.9 Å². The van der Waals surface area contributed by atoms with Crippen molar-refractivity contribution in [1.82, 2.24) is 0 Å². The summed E-state index contributed by atoms with van der Waals surface area (Å²) in [5.41, 5.74) is 2.55. The molecule has 8 atom stereocenters. The largest absolute Gasteiger partial charge is 0.375 e. The van der Waals surface area contributed by atoms with Gasteiger partial charge in [0.05, 0.1) is 12.2 Å². The molecule has 0 aliphatic heterocycles. The Labute approximate surface area is 156 Å². The van der Waals surface area contributed by atoms with Crippen molar-refractivity contribution in [2.75, 3.05) is 0 Å². The van der Waals surface area contributed by atoms with Gasteiger partial charge in [0.25, 0.3) is 0 Å². The van der Waals surface area contributed by atoms with E-state index >= 15 is 0 Å². The van der Waals surface area contributed by atoms with E-state index in [0.717, 1.165) is 29.6 Å². The first-order valence-corrected chi connectivity index (χ1v) is 11.1. The summed E-state index contributed by atoms with van der Waals surface area (Å²) in [5, 5.41) is 0. The Bertz CT molecular complexity index is 536. The minimum absolute atomic E-state index is 0.372. The third-order valence-electron chi connectivity index (χ3n) is 9.37. The fraction of sp³-hybridized carbons (Fsp3) is 0.917. The second-order valence-corrected chi connectivity index (χ2v) is 10.9. The highest BCUT2D eigenvalue weighted by molar-refractivity contribution is 5.15. The molecule has 0 spiro atoms. The zero-order chi connectivity index (χ0) is 18.0. The maximum atomic E-state index is 6.41. The third kappa shape index (κ3) is 2.67. The van der Waals surface area contributed by atoms with Crippen molar-refractivity contribution in [2.24, 2.45) is 40.4 Å². The second kappa shape index (κ2) is 6.11. The van der Waals surface area contributed by atoms with Crippen molar-refractivity contribution >= 4 is 0 Å². The summed E-state index contributed by atoms with van der Waals surface area (Å²) in [7, 11) is 0. The maximum absolute atomic E-state index is 6.41. The Balaban J connectivity index is 1.58. The summed E-state index contributed by atoms with van der Waals surface area (Å²) >= 11 is 0. The number of rotatable bonds is 2. The minimum atomic E-state index is 0.372. The molecule has 0 bridgehead atoms. The van der Waals surface area contributed by atoms with Gasteiger partial charge in [0.15, 0.2) is 0 Å². The molecule has 4 aliphatic rings. The molecule has 0 aromatic rings. The molecule has 0 radical (unpaired) electrons. The molecule has 0 aromatic heterocycles. The van der Waals surface area contributed by atoms with Crippen LogP contribution in [0.4, 0.5) is 0 Å². The summed E-state index contributed by atoms with van der Waals surface area (Å²) in [6, 6.07) is 0. The van der Waals surface area contributed by atoms with Crippen LogP contribution in [0, 0.1) is 40.4 Å². The molecular formula is C24H40O. The lowest BCUT2D eigenvalue weighted by molar-refractivity contribution is -0.137. The van der Waals surface area contributed by atoms with Gasteiger partial charge in [-0.05, 0) is 106 Å². The average molecular weight is 345 g/mol. The van der Waals surface area contributed by atoms with Crippen LogP contribution in [0.5, 0.6) is 0 Å². The van der Waals surface area contributed by atoms with E-state index in [1.165, 1.54) is 56.9 Å². The monoisotopic (exact) mass is 344 g/mol. The van der Waals surface area contributed by atoms with Gasteiger partial charge < -0.3 is 4.74 Å². The van der Waals surface area contributed by atoms with Gasteiger partial charge in [-0.25, -0.2) is 0 Å². The van der Waals surface area contributed by atoms with Gasteiger partial charge in [0.1, 0.15) is 0 Å². The molecule has 4 rings (SSSR count). The van der Waals surface area contributed by atoms with E-state index < -0.39 is 0 Å². The molecule has 4 saturated carbocycles. The van der Waals surface area contributed by atoms with Crippen LogP contribution < -0.4 is 0 Å². The molecular weight excluding hydrogens is 304 g/mol. The van der Waals surface area contributed by atoms with Crippen LogP contribution in [-0.4, -0.2) is 12.2 Å². The number of allylic oxidation sites excluding steroid dienone is 1. The Morgan fingerprint density at radius 2 is 1.72 bits per heavy atom. The SMILES string of the molecule is C=C1C[C@@H]2CC[C@@H]3[C@H](CC[C@]4(C)[C@@H](OC(C)C)CC[C@@H]34)[C@@]2(C)C[C@H]1C. The third-order valence-corrected chi connectivity index (χ3v) is 9.37. The number of hydrogen-bond acceptors (Lipinski definition) is 1. The normalized spacial score (nSPS) is 52.6. The lowest BCUT2D eigenvalue weighted by atomic mass is 9.44. The summed E-state index contributed by atoms with van der Waals surface area (Å²) in [6.45, 7) is 16.5. The Morgan fingerprint density at radius 3 is 2.44 bits per heavy atom. The summed E-state index contributed by atoms with van der Waals surface area (Å²) in [6.07, 6.45) is 12.1. The fourth-order valence-corrected chi connectivity index (χ4v) is 8.01. The van der Waals surface area contributed by atoms with Gasteiger partial charge in [0, 0.05) is 0 Å². The lowest BCUT2D eigenvalue weighted by Gasteiger charge is -2.61. The van der Waals surface area contributed by atoms with Crippen LogP contribution in [0.3, 0.4) is 0 Å². The summed E-state index contributed by atoms with van der Waals surface area (Å²) in [4.78, 5) is 0. The predicted molar refractivity (Wildman–Crippen MR) is 105 cm³/mol. The Kier molecular flexibility index (Phi) is 4.42. The minimum Gasteiger partial charge on any atom is -0.375 e. The molecule has 0 unspecified atom stereocenters. The Hall–Kier alpha value is -0.300. The van der Waals surface area contributed by atoms with Crippen LogP contribution in [0.25, 0.3) is 0 Å². The van der Waals surface area contributed by atoms with Crippen LogP contribution in [0.15, 0.2) is 12.2 Å². The van der Waals surface area contributed by atoms with Crippen molar-refractivity contribution in [3.63, 3.8) is 0 Å². The molecule has 0 N–H and O–H groups in total. The molecule has 0 heterocycles. The number of fused-ring (bicyclic) bond motifs is 5. The molecule has 0 amide bonds. The molecule has 0 saturated heterocycles. The van der Waals surface area contributed by atoms with E-state index in [9.17, 15) is 0 Å². The average Bonchev–Trinajstić information content (AvgIpc) is 2.85. The maximum Gasteiger partial charge on any atom is 0.0635 e. The first kappa shape index (κ1) is 18.1. The van der Waals surface area contributed by atoms with Gasteiger partial charge in [-0.2, -0.15) is 0 Å². The number of ether oxygens (including phenoxy) is 1. The van der Waals surface area contributed by atoms with Gasteiger partial charge in [0.2, 0.25) is 0 Å². The van der Waals surface area contributed by atoms with E-state index in [0.29, 0.717) is 23.0 Å². The van der Waals surface area contributed by atoms with Crippen LogP contribution in [0.1, 0.15) is 86.0 Å². The lowest BCUT2D eigenvalue weighted by Crippen LogP contribution is -2.54.